The number of rotatable bonds is 5. The van der Waals surface area contributed by atoms with Crippen LogP contribution in [-0.4, -0.2) is 28.8 Å². The molecule has 0 aliphatic carbocycles. The third-order valence-electron chi connectivity index (χ3n) is 2.86. The second-order valence-electron chi connectivity index (χ2n) is 4.86. The van der Waals surface area contributed by atoms with Gasteiger partial charge < -0.3 is 15.4 Å². The van der Waals surface area contributed by atoms with Crippen LogP contribution < -0.4 is 15.4 Å². The number of aromatic nitrogens is 2. The first-order chi connectivity index (χ1) is 11.3. The van der Waals surface area contributed by atoms with E-state index >= 15 is 0 Å². The van der Waals surface area contributed by atoms with Gasteiger partial charge in [0, 0.05) is 12.3 Å². The van der Waals surface area contributed by atoms with E-state index in [1.807, 2.05) is 6.07 Å². The maximum absolute atomic E-state index is 12.0. The molecular weight excluding hydrogens is 325 g/mol. The Morgan fingerprint density at radius 3 is 2.62 bits per heavy atom. The lowest BCUT2D eigenvalue weighted by Crippen LogP contribution is -2.31. The number of hydrogen-bond donors (Lipinski definition) is 2. The van der Waals surface area contributed by atoms with Crippen molar-refractivity contribution in [1.29, 1.82) is 0 Å². The van der Waals surface area contributed by atoms with Gasteiger partial charge in [-0.1, -0.05) is 6.07 Å². The van der Waals surface area contributed by atoms with Gasteiger partial charge in [-0.2, -0.15) is 13.2 Å². The number of urea groups is 1. The number of anilines is 1. The lowest BCUT2D eigenvalue weighted by molar-refractivity contribution is -0.154. The Balaban J connectivity index is 1.85. The number of ether oxygens (including phenoxy) is 1. The molecule has 1 unspecified atom stereocenters. The summed E-state index contributed by atoms with van der Waals surface area (Å²) in [5, 5.41) is 5.21. The van der Waals surface area contributed by atoms with E-state index in [0.717, 1.165) is 0 Å². The molecule has 0 saturated heterocycles. The smallest absolute Gasteiger partial charge is 0.422 e. The van der Waals surface area contributed by atoms with Crippen LogP contribution in [0.25, 0.3) is 0 Å². The van der Waals surface area contributed by atoms with Crippen molar-refractivity contribution in [1.82, 2.24) is 15.3 Å². The predicted octanol–water partition coefficient (Wildman–Crippen LogP) is 3.30. The normalized spacial score (nSPS) is 12.3. The standard InChI is InChI=1S/C15H15F3N4O2/c1-10(12-4-2-3-7-19-12)21-14(23)22-11-5-6-13(20-8-11)24-9-15(16,17)18/h2-8,10H,9H2,1H3,(H2,21,22,23). The number of pyridine rings is 2. The number of halogens is 3. The molecule has 0 aliphatic heterocycles. The van der Waals surface area contributed by atoms with Crippen molar-refractivity contribution >= 4 is 11.7 Å². The number of nitrogens with one attached hydrogen (secondary N) is 2. The van der Waals surface area contributed by atoms with Crippen molar-refractivity contribution in [2.24, 2.45) is 0 Å². The predicted molar refractivity (Wildman–Crippen MR) is 80.6 cm³/mol. The van der Waals surface area contributed by atoms with Crippen LogP contribution in [0.3, 0.4) is 0 Å². The molecule has 2 aromatic rings. The van der Waals surface area contributed by atoms with E-state index in [4.69, 9.17) is 0 Å². The van der Waals surface area contributed by atoms with E-state index in [9.17, 15) is 18.0 Å². The molecule has 2 heterocycles. The molecule has 2 rings (SSSR count). The van der Waals surface area contributed by atoms with Gasteiger partial charge in [0.1, 0.15) is 0 Å². The summed E-state index contributed by atoms with van der Waals surface area (Å²) in [7, 11) is 0. The Bertz CT molecular complexity index is 663. The Kier molecular flexibility index (Phi) is 5.56. The van der Waals surface area contributed by atoms with Gasteiger partial charge in [-0.15, -0.1) is 0 Å². The zero-order chi connectivity index (χ0) is 17.6. The minimum absolute atomic E-state index is 0.180. The Morgan fingerprint density at radius 2 is 2.04 bits per heavy atom. The summed E-state index contributed by atoms with van der Waals surface area (Å²) in [5.74, 6) is -0.180. The summed E-state index contributed by atoms with van der Waals surface area (Å²) in [5.41, 5.74) is 1.02. The maximum Gasteiger partial charge on any atom is 0.422 e. The Hall–Kier alpha value is -2.84. The van der Waals surface area contributed by atoms with E-state index in [2.05, 4.69) is 25.3 Å². The molecule has 1 atom stereocenters. The highest BCUT2D eigenvalue weighted by molar-refractivity contribution is 5.89. The molecule has 0 saturated carbocycles. The van der Waals surface area contributed by atoms with Gasteiger partial charge in [-0.25, -0.2) is 9.78 Å². The fraction of sp³-hybridized carbons (Fsp3) is 0.267. The summed E-state index contributed by atoms with van der Waals surface area (Å²) < 4.78 is 40.6. The fourth-order valence-corrected chi connectivity index (χ4v) is 1.77. The quantitative estimate of drug-likeness (QED) is 0.876. The fourth-order valence-electron chi connectivity index (χ4n) is 1.77. The molecule has 2 N–H and O–H groups in total. The molecular formula is C15H15F3N4O2. The number of amides is 2. The summed E-state index contributed by atoms with van der Waals surface area (Å²) >= 11 is 0. The molecule has 6 nitrogen and oxygen atoms in total. The van der Waals surface area contributed by atoms with Crippen molar-refractivity contribution < 1.29 is 22.7 Å². The van der Waals surface area contributed by atoms with Gasteiger partial charge in [0.25, 0.3) is 0 Å². The van der Waals surface area contributed by atoms with Crippen LogP contribution in [0.4, 0.5) is 23.7 Å². The largest absolute Gasteiger partial charge is 0.468 e. The third kappa shape index (κ3) is 5.75. The summed E-state index contributed by atoms with van der Waals surface area (Å²) in [6.07, 6.45) is -1.61. The molecule has 0 aliphatic rings. The Labute approximate surface area is 136 Å². The number of hydrogen-bond acceptors (Lipinski definition) is 4. The Morgan fingerprint density at radius 1 is 1.25 bits per heavy atom. The van der Waals surface area contributed by atoms with E-state index < -0.39 is 18.8 Å². The first-order valence-electron chi connectivity index (χ1n) is 6.97. The van der Waals surface area contributed by atoms with E-state index in [0.29, 0.717) is 11.4 Å². The highest BCUT2D eigenvalue weighted by atomic mass is 19.4. The summed E-state index contributed by atoms with van der Waals surface area (Å²) in [6, 6.07) is 7.19. The van der Waals surface area contributed by atoms with Crippen molar-refractivity contribution in [3.63, 3.8) is 0 Å². The highest BCUT2D eigenvalue weighted by Crippen LogP contribution is 2.18. The molecule has 0 spiro atoms. The lowest BCUT2D eigenvalue weighted by atomic mass is 10.2. The SMILES string of the molecule is CC(NC(=O)Nc1ccc(OCC(F)(F)F)nc1)c1ccccn1. The summed E-state index contributed by atoms with van der Waals surface area (Å²) in [6.45, 7) is 0.350. The van der Waals surface area contributed by atoms with E-state index in [1.54, 1.807) is 25.3 Å². The molecule has 9 heteroatoms. The molecule has 0 bridgehead atoms. The van der Waals surface area contributed by atoms with Crippen molar-refractivity contribution in [2.45, 2.75) is 19.1 Å². The second-order valence-corrected chi connectivity index (χ2v) is 4.86. The molecule has 128 valence electrons. The van der Waals surface area contributed by atoms with E-state index in [1.165, 1.54) is 18.3 Å². The van der Waals surface area contributed by atoms with Crippen molar-refractivity contribution in [3.05, 3.63) is 48.4 Å². The first kappa shape index (κ1) is 17.5. The van der Waals surface area contributed by atoms with Crippen LogP contribution in [0.5, 0.6) is 5.88 Å². The number of nitrogens with zero attached hydrogens (tertiary/aromatic N) is 2. The molecule has 0 aromatic carbocycles. The topological polar surface area (TPSA) is 76.1 Å². The van der Waals surface area contributed by atoms with Gasteiger partial charge in [0.15, 0.2) is 6.61 Å². The van der Waals surface area contributed by atoms with Gasteiger partial charge >= 0.3 is 12.2 Å². The average Bonchev–Trinajstić information content (AvgIpc) is 2.54. The van der Waals surface area contributed by atoms with Crippen LogP contribution in [0.1, 0.15) is 18.7 Å². The average molecular weight is 340 g/mol. The van der Waals surface area contributed by atoms with Gasteiger partial charge in [0.05, 0.1) is 23.6 Å². The van der Waals surface area contributed by atoms with Crippen molar-refractivity contribution in [3.8, 4) is 5.88 Å². The third-order valence-corrected chi connectivity index (χ3v) is 2.86. The van der Waals surface area contributed by atoms with Gasteiger partial charge in [-0.05, 0) is 25.1 Å². The van der Waals surface area contributed by atoms with Crippen molar-refractivity contribution in [2.75, 3.05) is 11.9 Å². The minimum Gasteiger partial charge on any atom is -0.468 e. The zero-order valence-corrected chi connectivity index (χ0v) is 12.7. The highest BCUT2D eigenvalue weighted by Gasteiger charge is 2.28. The van der Waals surface area contributed by atoms with Crippen LogP contribution in [0.2, 0.25) is 0 Å². The van der Waals surface area contributed by atoms with Crippen LogP contribution in [0.15, 0.2) is 42.7 Å². The van der Waals surface area contributed by atoms with E-state index in [-0.39, 0.29) is 11.9 Å². The second kappa shape index (κ2) is 7.62. The van der Waals surface area contributed by atoms with Crippen LogP contribution in [-0.2, 0) is 0 Å². The number of alkyl halides is 3. The molecule has 2 amide bonds. The van der Waals surface area contributed by atoms with Crippen LogP contribution >= 0.6 is 0 Å². The number of carbonyl (C=O) groups is 1. The molecule has 24 heavy (non-hydrogen) atoms. The van der Waals surface area contributed by atoms with Crippen LogP contribution in [0, 0.1) is 0 Å². The summed E-state index contributed by atoms with van der Waals surface area (Å²) in [4.78, 5) is 19.7. The number of carbonyl (C=O) groups excluding carboxylic acids is 1. The molecule has 0 fully saturated rings. The monoisotopic (exact) mass is 340 g/mol. The van der Waals surface area contributed by atoms with Gasteiger partial charge in [-0.3, -0.25) is 4.98 Å². The maximum atomic E-state index is 12.0. The lowest BCUT2D eigenvalue weighted by Gasteiger charge is -2.14. The minimum atomic E-state index is -4.43. The zero-order valence-electron chi connectivity index (χ0n) is 12.7. The molecule has 2 aromatic heterocycles. The molecule has 0 radical (unpaired) electrons. The first-order valence-corrected chi connectivity index (χ1v) is 6.97. The van der Waals surface area contributed by atoms with Gasteiger partial charge in [0.2, 0.25) is 5.88 Å².